The van der Waals surface area contributed by atoms with Crippen LogP contribution in [0.15, 0.2) is 29.2 Å². The summed E-state index contributed by atoms with van der Waals surface area (Å²) in [6, 6.07) is 5.37. The molecule has 2 N–H and O–H groups in total. The van der Waals surface area contributed by atoms with Gasteiger partial charge in [-0.1, -0.05) is 19.1 Å². The Balaban J connectivity index is 2.39. The van der Waals surface area contributed by atoms with Crippen LogP contribution in [-0.2, 0) is 10.0 Å². The van der Waals surface area contributed by atoms with E-state index in [9.17, 15) is 18.5 Å². The van der Waals surface area contributed by atoms with Crippen molar-refractivity contribution < 1.29 is 13.3 Å². The minimum absolute atomic E-state index is 0.0290. The molecule has 0 aromatic heterocycles. The van der Waals surface area contributed by atoms with E-state index in [2.05, 4.69) is 0 Å². The molecule has 110 valence electrons. The van der Waals surface area contributed by atoms with E-state index < -0.39 is 20.6 Å². The number of nitrogens with zero attached hydrogens (tertiary/aromatic N) is 2. The van der Waals surface area contributed by atoms with Crippen molar-refractivity contribution in [3.63, 3.8) is 0 Å². The Morgan fingerprint density at radius 1 is 1.40 bits per heavy atom. The Bertz CT molecular complexity index is 617. The summed E-state index contributed by atoms with van der Waals surface area (Å²) in [7, 11) is -3.86. The highest BCUT2D eigenvalue weighted by Crippen LogP contribution is 2.28. The molecule has 2 rings (SSSR count). The average Bonchev–Trinajstić information content (AvgIpc) is 2.41. The molecule has 20 heavy (non-hydrogen) atoms. The molecule has 0 amide bonds. The van der Waals surface area contributed by atoms with Crippen molar-refractivity contribution in [2.45, 2.75) is 24.3 Å². The van der Waals surface area contributed by atoms with Gasteiger partial charge < -0.3 is 5.73 Å². The Morgan fingerprint density at radius 2 is 2.05 bits per heavy atom. The molecule has 1 fully saturated rings. The second-order valence-corrected chi connectivity index (χ2v) is 6.92. The molecule has 0 saturated carbocycles. The van der Waals surface area contributed by atoms with Crippen LogP contribution in [0.4, 0.5) is 5.69 Å². The smallest absolute Gasteiger partial charge is 0.289 e. The van der Waals surface area contributed by atoms with Gasteiger partial charge in [0.1, 0.15) is 0 Å². The lowest BCUT2D eigenvalue weighted by Gasteiger charge is -2.34. The largest absolute Gasteiger partial charge is 0.327 e. The second-order valence-electron chi connectivity index (χ2n) is 5.02. The maximum atomic E-state index is 12.5. The van der Waals surface area contributed by atoms with Crippen molar-refractivity contribution >= 4 is 15.7 Å². The van der Waals surface area contributed by atoms with E-state index >= 15 is 0 Å². The number of rotatable bonds is 3. The van der Waals surface area contributed by atoms with Crippen LogP contribution in [0.25, 0.3) is 0 Å². The van der Waals surface area contributed by atoms with E-state index in [-0.39, 0.29) is 23.4 Å². The highest BCUT2D eigenvalue weighted by molar-refractivity contribution is 7.89. The molecule has 2 atom stereocenters. The lowest BCUT2D eigenvalue weighted by Crippen LogP contribution is -2.48. The number of sulfonamides is 1. The van der Waals surface area contributed by atoms with Crippen LogP contribution in [0.1, 0.15) is 13.3 Å². The lowest BCUT2D eigenvalue weighted by atomic mass is 9.96. The van der Waals surface area contributed by atoms with E-state index in [1.54, 1.807) is 0 Å². The van der Waals surface area contributed by atoms with Gasteiger partial charge in [-0.05, 0) is 18.4 Å². The zero-order valence-corrected chi connectivity index (χ0v) is 11.9. The van der Waals surface area contributed by atoms with Gasteiger partial charge in [0.15, 0.2) is 4.90 Å². The summed E-state index contributed by atoms with van der Waals surface area (Å²) in [5, 5.41) is 11.0. The number of piperidine rings is 1. The van der Waals surface area contributed by atoms with Crippen LogP contribution in [0, 0.1) is 16.0 Å². The number of benzene rings is 1. The van der Waals surface area contributed by atoms with Crippen LogP contribution in [0.2, 0.25) is 0 Å². The Morgan fingerprint density at radius 3 is 2.65 bits per heavy atom. The molecule has 7 nitrogen and oxygen atoms in total. The van der Waals surface area contributed by atoms with Crippen LogP contribution in [0.5, 0.6) is 0 Å². The first-order valence-electron chi connectivity index (χ1n) is 6.33. The van der Waals surface area contributed by atoms with Gasteiger partial charge in [-0.2, -0.15) is 4.31 Å². The number of nitrogens with two attached hydrogens (primary N) is 1. The van der Waals surface area contributed by atoms with Gasteiger partial charge in [-0.15, -0.1) is 0 Å². The molecule has 0 aliphatic carbocycles. The van der Waals surface area contributed by atoms with Crippen molar-refractivity contribution in [3.8, 4) is 0 Å². The fourth-order valence-electron chi connectivity index (χ4n) is 2.31. The highest BCUT2D eigenvalue weighted by atomic mass is 32.2. The zero-order chi connectivity index (χ0) is 14.9. The summed E-state index contributed by atoms with van der Waals surface area (Å²) in [6.07, 6.45) is 0.557. The molecule has 0 bridgehead atoms. The standard InChI is InChI=1S/C12H17N3O4S/c1-9-8-14(7-6-10(9)13)20(18,19)12-5-3-2-4-11(12)15(16)17/h2-5,9-10H,6-8,13H2,1H3. The molecule has 1 heterocycles. The molecule has 8 heteroatoms. The minimum Gasteiger partial charge on any atom is -0.327 e. The molecular weight excluding hydrogens is 282 g/mol. The summed E-state index contributed by atoms with van der Waals surface area (Å²) >= 11 is 0. The summed E-state index contributed by atoms with van der Waals surface area (Å²) in [5.74, 6) is 0.0290. The quantitative estimate of drug-likeness (QED) is 0.660. The van der Waals surface area contributed by atoms with Gasteiger partial charge in [-0.3, -0.25) is 10.1 Å². The van der Waals surface area contributed by atoms with Gasteiger partial charge >= 0.3 is 0 Å². The summed E-state index contributed by atoms with van der Waals surface area (Å²) in [6.45, 7) is 2.46. The zero-order valence-electron chi connectivity index (χ0n) is 11.1. The third-order valence-corrected chi connectivity index (χ3v) is 5.53. The van der Waals surface area contributed by atoms with Crippen molar-refractivity contribution in [1.29, 1.82) is 0 Å². The van der Waals surface area contributed by atoms with Gasteiger partial charge in [0.05, 0.1) is 4.92 Å². The summed E-state index contributed by atoms with van der Waals surface area (Å²) < 4.78 is 26.4. The van der Waals surface area contributed by atoms with Crippen LogP contribution in [0.3, 0.4) is 0 Å². The number of para-hydroxylation sites is 1. The van der Waals surface area contributed by atoms with E-state index in [0.29, 0.717) is 13.0 Å². The topological polar surface area (TPSA) is 107 Å². The SMILES string of the molecule is CC1CN(S(=O)(=O)c2ccccc2[N+](=O)[O-])CCC1N. The molecular formula is C12H17N3O4S. The van der Waals surface area contributed by atoms with E-state index in [1.807, 2.05) is 6.92 Å². The summed E-state index contributed by atoms with van der Waals surface area (Å²) in [5.41, 5.74) is 5.48. The van der Waals surface area contributed by atoms with Crippen molar-refractivity contribution in [2.75, 3.05) is 13.1 Å². The van der Waals surface area contributed by atoms with Crippen LogP contribution >= 0.6 is 0 Å². The number of hydrogen-bond donors (Lipinski definition) is 1. The van der Waals surface area contributed by atoms with Crippen molar-refractivity contribution in [3.05, 3.63) is 34.4 Å². The minimum atomic E-state index is -3.86. The van der Waals surface area contributed by atoms with Crippen LogP contribution in [-0.4, -0.2) is 36.8 Å². The first-order valence-corrected chi connectivity index (χ1v) is 7.77. The summed E-state index contributed by atoms with van der Waals surface area (Å²) in [4.78, 5) is 10.0. The number of hydrogen-bond acceptors (Lipinski definition) is 5. The third-order valence-electron chi connectivity index (χ3n) is 3.61. The predicted molar refractivity (Wildman–Crippen MR) is 73.6 cm³/mol. The monoisotopic (exact) mass is 299 g/mol. The number of nitro benzene ring substituents is 1. The van der Waals surface area contributed by atoms with E-state index in [4.69, 9.17) is 5.73 Å². The van der Waals surface area contributed by atoms with Crippen LogP contribution < -0.4 is 5.73 Å². The molecule has 2 unspecified atom stereocenters. The van der Waals surface area contributed by atoms with Gasteiger partial charge in [0, 0.05) is 25.2 Å². The first-order chi connectivity index (χ1) is 9.34. The average molecular weight is 299 g/mol. The molecule has 1 aromatic rings. The molecule has 1 aromatic carbocycles. The first kappa shape index (κ1) is 14.9. The molecule has 1 saturated heterocycles. The van der Waals surface area contributed by atoms with E-state index in [0.717, 1.165) is 0 Å². The van der Waals surface area contributed by atoms with Gasteiger partial charge in [0.2, 0.25) is 10.0 Å². The maximum absolute atomic E-state index is 12.5. The van der Waals surface area contributed by atoms with Crippen molar-refractivity contribution in [2.24, 2.45) is 11.7 Å². The van der Waals surface area contributed by atoms with Crippen molar-refractivity contribution in [1.82, 2.24) is 4.31 Å². The van der Waals surface area contributed by atoms with E-state index in [1.165, 1.54) is 28.6 Å². The fraction of sp³-hybridized carbons (Fsp3) is 0.500. The molecule has 1 aliphatic heterocycles. The normalized spacial score (nSPS) is 24.5. The predicted octanol–water partition coefficient (Wildman–Crippen LogP) is 0.953. The highest BCUT2D eigenvalue weighted by Gasteiger charge is 2.35. The third kappa shape index (κ3) is 2.67. The molecule has 1 aliphatic rings. The lowest BCUT2D eigenvalue weighted by molar-refractivity contribution is -0.387. The Kier molecular flexibility index (Phi) is 4.07. The number of nitro groups is 1. The molecule has 0 radical (unpaired) electrons. The Labute approximate surface area is 117 Å². The van der Waals surface area contributed by atoms with Gasteiger partial charge in [0.25, 0.3) is 5.69 Å². The van der Waals surface area contributed by atoms with Gasteiger partial charge in [-0.25, -0.2) is 8.42 Å². The molecule has 0 spiro atoms. The fourth-order valence-corrected chi connectivity index (χ4v) is 4.02. The Hall–Kier alpha value is -1.51. The maximum Gasteiger partial charge on any atom is 0.289 e. The second kappa shape index (κ2) is 5.47.